The van der Waals surface area contributed by atoms with Gasteiger partial charge >= 0.3 is 5.97 Å². The fraction of sp³-hybridized carbons (Fsp3) is 0.278. The van der Waals surface area contributed by atoms with E-state index in [2.05, 4.69) is 0 Å². The first-order valence-electron chi connectivity index (χ1n) is 7.40. The van der Waals surface area contributed by atoms with Gasteiger partial charge in [0.05, 0.1) is 13.0 Å². The SMILES string of the molecule is CCOC(=O)CC(N)c1ccc(C)c(-c2ccc(F)cc2)c1F. The number of carbonyl (C=O) groups is 1. The minimum atomic E-state index is -0.797. The molecule has 2 rings (SSSR count). The Morgan fingerprint density at radius 3 is 2.43 bits per heavy atom. The summed E-state index contributed by atoms with van der Waals surface area (Å²) in [5.41, 5.74) is 7.82. The van der Waals surface area contributed by atoms with Crippen LogP contribution in [-0.2, 0) is 9.53 Å². The third-order valence-electron chi connectivity index (χ3n) is 3.60. The Balaban J connectivity index is 2.38. The number of hydrogen-bond acceptors (Lipinski definition) is 3. The second-order valence-corrected chi connectivity index (χ2v) is 5.28. The van der Waals surface area contributed by atoms with Gasteiger partial charge in [-0.25, -0.2) is 8.78 Å². The molecule has 2 aromatic carbocycles. The monoisotopic (exact) mass is 319 g/mol. The summed E-state index contributed by atoms with van der Waals surface area (Å²) in [5.74, 6) is -1.35. The molecular formula is C18H19F2NO2. The molecule has 0 fully saturated rings. The van der Waals surface area contributed by atoms with Crippen LogP contribution in [0, 0.1) is 18.6 Å². The van der Waals surface area contributed by atoms with Crippen molar-refractivity contribution >= 4 is 5.97 Å². The average Bonchev–Trinajstić information content (AvgIpc) is 2.49. The largest absolute Gasteiger partial charge is 0.466 e. The maximum atomic E-state index is 14.9. The van der Waals surface area contributed by atoms with Gasteiger partial charge in [-0.15, -0.1) is 0 Å². The van der Waals surface area contributed by atoms with E-state index in [-0.39, 0.29) is 24.4 Å². The molecule has 0 amide bonds. The molecule has 0 aliphatic rings. The van der Waals surface area contributed by atoms with Gasteiger partial charge in [0.1, 0.15) is 11.6 Å². The minimum Gasteiger partial charge on any atom is -0.466 e. The summed E-state index contributed by atoms with van der Waals surface area (Å²) in [5, 5.41) is 0. The molecule has 0 aliphatic carbocycles. The molecular weight excluding hydrogens is 300 g/mol. The van der Waals surface area contributed by atoms with E-state index in [0.717, 1.165) is 0 Å². The van der Waals surface area contributed by atoms with Crippen LogP contribution in [0.5, 0.6) is 0 Å². The Morgan fingerprint density at radius 2 is 1.83 bits per heavy atom. The van der Waals surface area contributed by atoms with E-state index >= 15 is 0 Å². The molecule has 0 aromatic heterocycles. The van der Waals surface area contributed by atoms with Crippen LogP contribution in [0.25, 0.3) is 11.1 Å². The molecule has 2 aromatic rings. The molecule has 5 heteroatoms. The zero-order valence-electron chi connectivity index (χ0n) is 13.1. The van der Waals surface area contributed by atoms with Crippen molar-refractivity contribution in [3.05, 3.63) is 59.2 Å². The molecule has 0 bridgehead atoms. The van der Waals surface area contributed by atoms with Crippen molar-refractivity contribution in [1.82, 2.24) is 0 Å². The number of carbonyl (C=O) groups excluding carboxylic acids is 1. The smallest absolute Gasteiger partial charge is 0.307 e. The number of aryl methyl sites for hydroxylation is 1. The first-order chi connectivity index (χ1) is 10.9. The van der Waals surface area contributed by atoms with Crippen molar-refractivity contribution in [2.75, 3.05) is 6.61 Å². The molecule has 2 N–H and O–H groups in total. The van der Waals surface area contributed by atoms with Crippen LogP contribution in [0.15, 0.2) is 36.4 Å². The number of benzene rings is 2. The fourth-order valence-electron chi connectivity index (χ4n) is 2.46. The Kier molecular flexibility index (Phi) is 5.45. The maximum Gasteiger partial charge on any atom is 0.307 e. The lowest BCUT2D eigenvalue weighted by molar-refractivity contribution is -0.143. The van der Waals surface area contributed by atoms with Crippen LogP contribution in [0.2, 0.25) is 0 Å². The highest BCUT2D eigenvalue weighted by atomic mass is 19.1. The van der Waals surface area contributed by atoms with E-state index in [1.165, 1.54) is 24.3 Å². The number of nitrogens with two attached hydrogens (primary N) is 1. The Morgan fingerprint density at radius 1 is 1.17 bits per heavy atom. The number of halogens is 2. The molecule has 0 saturated heterocycles. The molecule has 3 nitrogen and oxygen atoms in total. The van der Waals surface area contributed by atoms with E-state index in [4.69, 9.17) is 10.5 Å². The van der Waals surface area contributed by atoms with Crippen LogP contribution in [0.3, 0.4) is 0 Å². The van der Waals surface area contributed by atoms with Gasteiger partial charge in [0.25, 0.3) is 0 Å². The molecule has 1 unspecified atom stereocenters. The van der Waals surface area contributed by atoms with Gasteiger partial charge in [0.2, 0.25) is 0 Å². The first-order valence-corrected chi connectivity index (χ1v) is 7.40. The van der Waals surface area contributed by atoms with Crippen molar-refractivity contribution in [1.29, 1.82) is 0 Å². The topological polar surface area (TPSA) is 52.3 Å². The lowest BCUT2D eigenvalue weighted by Crippen LogP contribution is -2.19. The molecule has 0 heterocycles. The maximum absolute atomic E-state index is 14.9. The molecule has 0 aliphatic heterocycles. The molecule has 0 saturated carbocycles. The van der Waals surface area contributed by atoms with Crippen molar-refractivity contribution in [3.63, 3.8) is 0 Å². The molecule has 0 spiro atoms. The van der Waals surface area contributed by atoms with E-state index in [0.29, 0.717) is 16.7 Å². The molecule has 0 radical (unpaired) electrons. The Bertz CT molecular complexity index is 699. The number of rotatable bonds is 5. The normalized spacial score (nSPS) is 12.0. The predicted octanol–water partition coefficient (Wildman–Crippen LogP) is 3.89. The summed E-state index contributed by atoms with van der Waals surface area (Å²) in [6.45, 7) is 3.72. The fourth-order valence-corrected chi connectivity index (χ4v) is 2.46. The van der Waals surface area contributed by atoms with Gasteiger partial charge in [-0.3, -0.25) is 4.79 Å². The second kappa shape index (κ2) is 7.33. The standard InChI is InChI=1S/C18H19F2NO2/c1-3-23-16(22)10-15(21)14-9-4-11(2)17(18(14)20)12-5-7-13(19)8-6-12/h4-9,15H,3,10,21H2,1-2H3. The van der Waals surface area contributed by atoms with Crippen molar-refractivity contribution in [2.24, 2.45) is 5.73 Å². The van der Waals surface area contributed by atoms with E-state index in [1.54, 1.807) is 26.0 Å². The van der Waals surface area contributed by atoms with E-state index < -0.39 is 17.8 Å². The van der Waals surface area contributed by atoms with Gasteiger partial charge in [-0.05, 0) is 37.1 Å². The molecule has 23 heavy (non-hydrogen) atoms. The number of esters is 1. The quantitative estimate of drug-likeness (QED) is 0.851. The van der Waals surface area contributed by atoms with Gasteiger partial charge in [-0.2, -0.15) is 0 Å². The zero-order valence-corrected chi connectivity index (χ0v) is 13.1. The van der Waals surface area contributed by atoms with Gasteiger partial charge in [-0.1, -0.05) is 24.3 Å². The van der Waals surface area contributed by atoms with E-state index in [9.17, 15) is 13.6 Å². The first kappa shape index (κ1) is 17.1. The van der Waals surface area contributed by atoms with Crippen LogP contribution in [-0.4, -0.2) is 12.6 Å². The zero-order chi connectivity index (χ0) is 17.0. The van der Waals surface area contributed by atoms with Gasteiger partial charge in [0.15, 0.2) is 0 Å². The highest BCUT2D eigenvalue weighted by Crippen LogP contribution is 2.31. The molecule has 122 valence electrons. The predicted molar refractivity (Wildman–Crippen MR) is 84.7 cm³/mol. The summed E-state index contributed by atoms with van der Waals surface area (Å²) < 4.78 is 32.8. The third-order valence-corrected chi connectivity index (χ3v) is 3.60. The Labute approximate surface area is 134 Å². The summed E-state index contributed by atoms with van der Waals surface area (Å²) >= 11 is 0. The summed E-state index contributed by atoms with van der Waals surface area (Å²) in [6.07, 6.45) is -0.101. The lowest BCUT2D eigenvalue weighted by Gasteiger charge is -2.16. The molecule has 1 atom stereocenters. The van der Waals surface area contributed by atoms with Gasteiger partial charge in [0, 0.05) is 17.2 Å². The van der Waals surface area contributed by atoms with E-state index in [1.807, 2.05) is 0 Å². The second-order valence-electron chi connectivity index (χ2n) is 5.28. The van der Waals surface area contributed by atoms with Crippen LogP contribution >= 0.6 is 0 Å². The Hall–Kier alpha value is -2.27. The van der Waals surface area contributed by atoms with Crippen LogP contribution in [0.1, 0.15) is 30.5 Å². The summed E-state index contributed by atoms with van der Waals surface area (Å²) in [7, 11) is 0. The summed E-state index contributed by atoms with van der Waals surface area (Å²) in [4.78, 5) is 11.5. The number of ether oxygens (including phenoxy) is 1. The highest BCUT2D eigenvalue weighted by Gasteiger charge is 2.20. The van der Waals surface area contributed by atoms with Gasteiger partial charge < -0.3 is 10.5 Å². The lowest BCUT2D eigenvalue weighted by atomic mass is 9.93. The average molecular weight is 319 g/mol. The minimum absolute atomic E-state index is 0.101. The van der Waals surface area contributed by atoms with Crippen molar-refractivity contribution < 1.29 is 18.3 Å². The number of hydrogen-bond donors (Lipinski definition) is 1. The van der Waals surface area contributed by atoms with Crippen molar-refractivity contribution in [2.45, 2.75) is 26.3 Å². The third kappa shape index (κ3) is 3.93. The summed E-state index contributed by atoms with van der Waals surface area (Å²) in [6, 6.07) is 8.10. The van der Waals surface area contributed by atoms with Crippen LogP contribution in [0.4, 0.5) is 8.78 Å². The van der Waals surface area contributed by atoms with Crippen molar-refractivity contribution in [3.8, 4) is 11.1 Å². The van der Waals surface area contributed by atoms with Crippen LogP contribution < -0.4 is 5.73 Å². The highest BCUT2D eigenvalue weighted by molar-refractivity contribution is 5.72.